The van der Waals surface area contributed by atoms with E-state index >= 15 is 0 Å². The maximum atomic E-state index is 13.0. The minimum absolute atomic E-state index is 0.208. The molecule has 138 valence electrons. The van der Waals surface area contributed by atoms with Crippen LogP contribution in [0.4, 0.5) is 16.2 Å². The van der Waals surface area contributed by atoms with Crippen LogP contribution in [-0.2, 0) is 6.54 Å². The number of rotatable bonds is 5. The molecule has 2 aromatic carbocycles. The van der Waals surface area contributed by atoms with E-state index in [4.69, 9.17) is 4.42 Å². The molecule has 2 amide bonds. The lowest BCUT2D eigenvalue weighted by molar-refractivity contribution is 0.248. The Hall–Kier alpha value is -3.86. The molecule has 2 heterocycles. The van der Waals surface area contributed by atoms with E-state index < -0.39 is 0 Å². The van der Waals surface area contributed by atoms with Gasteiger partial charge in [-0.1, -0.05) is 36.4 Å². The van der Waals surface area contributed by atoms with Crippen molar-refractivity contribution in [3.63, 3.8) is 0 Å². The Labute approximate surface area is 163 Å². The number of nitrogens with one attached hydrogen (secondary N) is 1. The van der Waals surface area contributed by atoms with Crippen LogP contribution < -0.4 is 10.2 Å². The van der Waals surface area contributed by atoms with Crippen molar-refractivity contribution in [1.29, 1.82) is 0 Å². The Morgan fingerprint density at radius 3 is 2.18 bits per heavy atom. The van der Waals surface area contributed by atoms with Crippen molar-refractivity contribution in [3.05, 3.63) is 103 Å². The number of hydrogen-bond acceptors (Lipinski definition) is 3. The monoisotopic (exact) mass is 369 g/mol. The van der Waals surface area contributed by atoms with Gasteiger partial charge in [0.25, 0.3) is 0 Å². The molecule has 1 N–H and O–H groups in total. The Bertz CT molecular complexity index is 992. The third-order valence-corrected chi connectivity index (χ3v) is 4.28. The molecule has 28 heavy (non-hydrogen) atoms. The molecule has 4 rings (SSSR count). The third kappa shape index (κ3) is 3.94. The number of carbonyl (C=O) groups excluding carboxylic acids is 1. The van der Waals surface area contributed by atoms with Crippen LogP contribution in [0.1, 0.15) is 5.56 Å². The molecule has 0 atom stereocenters. The summed E-state index contributed by atoms with van der Waals surface area (Å²) in [5, 5.41) is 2.98. The number of para-hydroxylation sites is 2. The van der Waals surface area contributed by atoms with Gasteiger partial charge in [0.1, 0.15) is 5.76 Å². The van der Waals surface area contributed by atoms with E-state index in [1.54, 1.807) is 23.6 Å². The van der Waals surface area contributed by atoms with Gasteiger partial charge in [-0.2, -0.15) is 0 Å². The highest BCUT2D eigenvalue weighted by Gasteiger charge is 2.17. The zero-order chi connectivity index (χ0) is 19.2. The van der Waals surface area contributed by atoms with E-state index in [0.29, 0.717) is 6.54 Å². The van der Waals surface area contributed by atoms with E-state index in [9.17, 15) is 4.79 Å². The van der Waals surface area contributed by atoms with E-state index in [1.807, 2.05) is 78.9 Å². The van der Waals surface area contributed by atoms with E-state index in [0.717, 1.165) is 28.3 Å². The lowest BCUT2D eigenvalue weighted by atomic mass is 10.1. The number of benzene rings is 2. The van der Waals surface area contributed by atoms with Crippen LogP contribution in [0.5, 0.6) is 0 Å². The summed E-state index contributed by atoms with van der Waals surface area (Å²) in [6, 6.07) is 24.6. The van der Waals surface area contributed by atoms with Gasteiger partial charge in [0.2, 0.25) is 0 Å². The Balaban J connectivity index is 1.53. The topological polar surface area (TPSA) is 58.4 Å². The minimum atomic E-state index is -0.208. The van der Waals surface area contributed by atoms with Crippen molar-refractivity contribution in [2.45, 2.75) is 6.54 Å². The number of hydrogen-bond donors (Lipinski definition) is 1. The summed E-state index contributed by atoms with van der Waals surface area (Å²) in [5.41, 5.74) is 3.37. The molecule has 2 aromatic heterocycles. The summed E-state index contributed by atoms with van der Waals surface area (Å²) in [5.74, 6) is 0.746. The lowest BCUT2D eigenvalue weighted by Crippen LogP contribution is -2.36. The third-order valence-electron chi connectivity index (χ3n) is 4.28. The van der Waals surface area contributed by atoms with Crippen molar-refractivity contribution in [2.24, 2.45) is 0 Å². The SMILES string of the molecule is O=C(NCc1cncc(-c2ccco2)c1)N(c1ccccc1)c1ccccc1. The van der Waals surface area contributed by atoms with Gasteiger partial charge >= 0.3 is 6.03 Å². The van der Waals surface area contributed by atoms with Crippen molar-refractivity contribution in [3.8, 4) is 11.3 Å². The molecule has 0 aliphatic heterocycles. The van der Waals surface area contributed by atoms with Crippen LogP contribution in [0, 0.1) is 0 Å². The molecule has 5 nitrogen and oxygen atoms in total. The first-order valence-electron chi connectivity index (χ1n) is 8.97. The number of carbonyl (C=O) groups is 1. The fourth-order valence-electron chi connectivity index (χ4n) is 2.96. The van der Waals surface area contributed by atoms with Gasteiger partial charge in [-0.15, -0.1) is 0 Å². The average Bonchev–Trinajstić information content (AvgIpc) is 3.29. The molecule has 0 spiro atoms. The predicted octanol–water partition coefficient (Wildman–Crippen LogP) is 5.39. The minimum Gasteiger partial charge on any atom is -0.464 e. The lowest BCUT2D eigenvalue weighted by Gasteiger charge is -2.23. The second-order valence-corrected chi connectivity index (χ2v) is 6.22. The zero-order valence-corrected chi connectivity index (χ0v) is 15.2. The number of nitrogens with zero attached hydrogens (tertiary/aromatic N) is 2. The fraction of sp³-hybridized carbons (Fsp3) is 0.0435. The number of aromatic nitrogens is 1. The highest BCUT2D eigenvalue weighted by Crippen LogP contribution is 2.25. The number of amides is 2. The molecule has 0 saturated heterocycles. The van der Waals surface area contributed by atoms with Gasteiger partial charge in [0.05, 0.1) is 17.6 Å². The highest BCUT2D eigenvalue weighted by molar-refractivity contribution is 5.99. The quantitative estimate of drug-likeness (QED) is 0.513. The summed E-state index contributed by atoms with van der Waals surface area (Å²) >= 11 is 0. The van der Waals surface area contributed by atoms with Crippen molar-refractivity contribution >= 4 is 17.4 Å². The van der Waals surface area contributed by atoms with Gasteiger partial charge in [0.15, 0.2) is 0 Å². The summed E-state index contributed by atoms with van der Waals surface area (Å²) < 4.78 is 5.42. The average molecular weight is 369 g/mol. The molecule has 0 fully saturated rings. The van der Waals surface area contributed by atoms with Crippen LogP contribution in [-0.4, -0.2) is 11.0 Å². The smallest absolute Gasteiger partial charge is 0.326 e. The molecule has 0 radical (unpaired) electrons. The first kappa shape index (κ1) is 17.5. The molecular formula is C23H19N3O2. The molecule has 0 unspecified atom stereocenters. The normalized spacial score (nSPS) is 10.4. The van der Waals surface area contributed by atoms with Crippen LogP contribution in [0.25, 0.3) is 11.3 Å². The van der Waals surface area contributed by atoms with Gasteiger partial charge in [0, 0.05) is 24.5 Å². The van der Waals surface area contributed by atoms with Crippen molar-refractivity contribution in [1.82, 2.24) is 10.3 Å². The van der Waals surface area contributed by atoms with Gasteiger partial charge in [-0.3, -0.25) is 9.88 Å². The van der Waals surface area contributed by atoms with Crippen LogP contribution >= 0.6 is 0 Å². The van der Waals surface area contributed by atoms with Crippen molar-refractivity contribution in [2.75, 3.05) is 4.90 Å². The molecule has 0 aliphatic carbocycles. The van der Waals surface area contributed by atoms with Crippen LogP contribution in [0.15, 0.2) is 102 Å². The van der Waals surface area contributed by atoms with Crippen LogP contribution in [0.3, 0.4) is 0 Å². The maximum Gasteiger partial charge on any atom is 0.326 e. The number of furan rings is 1. The molecule has 0 bridgehead atoms. The largest absolute Gasteiger partial charge is 0.464 e. The van der Waals surface area contributed by atoms with E-state index in [1.165, 1.54) is 0 Å². The first-order valence-corrected chi connectivity index (χ1v) is 8.97. The summed E-state index contributed by atoms with van der Waals surface area (Å²) in [4.78, 5) is 18.9. The number of anilines is 2. The van der Waals surface area contributed by atoms with Gasteiger partial charge < -0.3 is 9.73 Å². The highest BCUT2D eigenvalue weighted by atomic mass is 16.3. The Morgan fingerprint density at radius 1 is 0.893 bits per heavy atom. The van der Waals surface area contributed by atoms with Crippen molar-refractivity contribution < 1.29 is 9.21 Å². The summed E-state index contributed by atoms with van der Waals surface area (Å²) in [7, 11) is 0. The number of pyridine rings is 1. The Kier molecular flexibility index (Phi) is 5.15. The summed E-state index contributed by atoms with van der Waals surface area (Å²) in [6.45, 7) is 0.358. The molecule has 0 saturated carbocycles. The van der Waals surface area contributed by atoms with Crippen LogP contribution in [0.2, 0.25) is 0 Å². The standard InChI is InChI=1S/C23H19N3O2/c27-23(25-16-18-14-19(17-24-15-18)22-12-7-13-28-22)26(20-8-3-1-4-9-20)21-10-5-2-6-11-21/h1-15,17H,16H2,(H,25,27). The zero-order valence-electron chi connectivity index (χ0n) is 15.2. The van der Waals surface area contributed by atoms with Gasteiger partial charge in [-0.05, 0) is 48.0 Å². The molecule has 4 aromatic rings. The predicted molar refractivity (Wildman–Crippen MR) is 109 cm³/mol. The van der Waals surface area contributed by atoms with Gasteiger partial charge in [-0.25, -0.2) is 4.79 Å². The van der Waals surface area contributed by atoms with E-state index in [2.05, 4.69) is 10.3 Å². The maximum absolute atomic E-state index is 13.0. The molecule has 0 aliphatic rings. The second kappa shape index (κ2) is 8.22. The fourth-order valence-corrected chi connectivity index (χ4v) is 2.96. The molecular weight excluding hydrogens is 350 g/mol. The second-order valence-electron chi connectivity index (χ2n) is 6.22. The molecule has 5 heteroatoms. The summed E-state index contributed by atoms with van der Waals surface area (Å²) in [6.07, 6.45) is 5.11. The number of urea groups is 1. The first-order chi connectivity index (χ1) is 13.8. The van der Waals surface area contributed by atoms with E-state index in [-0.39, 0.29) is 6.03 Å². The Morgan fingerprint density at radius 2 is 1.57 bits per heavy atom.